The lowest BCUT2D eigenvalue weighted by atomic mass is 9.85. The van der Waals surface area contributed by atoms with E-state index in [1.165, 1.54) is 69.1 Å². The van der Waals surface area contributed by atoms with E-state index in [9.17, 15) is 14.4 Å². The van der Waals surface area contributed by atoms with Crippen LogP contribution in [0, 0.1) is 16.7 Å². The van der Waals surface area contributed by atoms with Crippen molar-refractivity contribution in [2.75, 3.05) is 31.2 Å². The quantitative estimate of drug-likeness (QED) is 0.0401. The molecule has 2 aliphatic heterocycles. The predicted octanol–water partition coefficient (Wildman–Crippen LogP) is 12.0. The normalized spacial score (nSPS) is 16.4. The van der Waals surface area contributed by atoms with Crippen molar-refractivity contribution in [2.24, 2.45) is 16.7 Å². The standard InChI is InChI=1S/C57H85N9O4/c1-9-11-13-14-20-29-56(8,30-21-19-24-44(3)23-16-12-10-2)60-50(67)36-54(4,5)42-70-43-55(6,7)41-65-40-49(62-63-65)47-28-22-27-46(35-47)48-37-58-52(59-38-48)64-33-31-57(32-34-64)51(68)66(53(69)61-57)39-45-25-17-15-18-26-45/h15,17-18,22,25-28,35,37-38,40,44H,9-14,16,19-21,23-24,29-34,36,39,41-43H2,1-8H3,(H,60,67)(H,61,69). The lowest BCUT2D eigenvalue weighted by molar-refractivity contribution is -0.132. The van der Waals surface area contributed by atoms with Crippen molar-refractivity contribution in [2.45, 2.75) is 189 Å². The monoisotopic (exact) mass is 960 g/mol. The summed E-state index contributed by atoms with van der Waals surface area (Å²) >= 11 is 0. The van der Waals surface area contributed by atoms with E-state index in [1.54, 1.807) is 0 Å². The summed E-state index contributed by atoms with van der Waals surface area (Å²) in [5.41, 5.74) is 2.85. The molecule has 2 aromatic heterocycles. The zero-order valence-corrected chi connectivity index (χ0v) is 44.0. The van der Waals surface area contributed by atoms with Gasteiger partial charge in [-0.15, -0.1) is 5.10 Å². The van der Waals surface area contributed by atoms with Crippen LogP contribution < -0.4 is 15.5 Å². The Labute approximate surface area is 419 Å². The molecular weight excluding hydrogens is 875 g/mol. The maximum atomic E-state index is 13.7. The summed E-state index contributed by atoms with van der Waals surface area (Å²) in [6.45, 7) is 20.8. The molecule has 6 rings (SSSR count). The van der Waals surface area contributed by atoms with Crippen LogP contribution in [0.2, 0.25) is 0 Å². The number of urea groups is 1. The molecule has 2 atom stereocenters. The van der Waals surface area contributed by atoms with Crippen LogP contribution in [-0.2, 0) is 27.4 Å². The summed E-state index contributed by atoms with van der Waals surface area (Å²) in [4.78, 5) is 52.9. The van der Waals surface area contributed by atoms with Gasteiger partial charge in [0.05, 0.1) is 26.0 Å². The van der Waals surface area contributed by atoms with E-state index in [2.05, 4.69) is 87.3 Å². The lowest BCUT2D eigenvalue weighted by Gasteiger charge is -2.37. The number of nitrogens with zero attached hydrogens (tertiary/aromatic N) is 7. The average molecular weight is 960 g/mol. The third kappa shape index (κ3) is 15.9. The molecule has 0 aliphatic carbocycles. The highest BCUT2D eigenvalue weighted by atomic mass is 16.5. The van der Waals surface area contributed by atoms with E-state index in [0.717, 1.165) is 59.5 Å². The summed E-state index contributed by atoms with van der Waals surface area (Å²) in [6, 6.07) is 17.4. The van der Waals surface area contributed by atoms with Gasteiger partial charge < -0.3 is 20.3 Å². The first-order valence-corrected chi connectivity index (χ1v) is 26.7. The number of carbonyl (C=O) groups excluding carboxylic acids is 3. The van der Waals surface area contributed by atoms with Gasteiger partial charge in [-0.2, -0.15) is 0 Å². The van der Waals surface area contributed by atoms with Crippen molar-refractivity contribution in [3.05, 3.63) is 78.8 Å². The molecule has 382 valence electrons. The van der Waals surface area contributed by atoms with Crippen LogP contribution in [0.3, 0.4) is 0 Å². The number of rotatable bonds is 29. The molecule has 0 saturated carbocycles. The van der Waals surface area contributed by atoms with Crippen LogP contribution in [-0.4, -0.2) is 85.1 Å². The Morgan fingerprint density at radius 2 is 1.41 bits per heavy atom. The summed E-state index contributed by atoms with van der Waals surface area (Å²) in [6.07, 6.45) is 24.2. The summed E-state index contributed by atoms with van der Waals surface area (Å²) < 4.78 is 8.26. The fourth-order valence-corrected chi connectivity index (χ4v) is 10.2. The number of unbranched alkanes of at least 4 members (excludes halogenated alkanes) is 7. The highest BCUT2D eigenvalue weighted by Gasteiger charge is 2.52. The Balaban J connectivity index is 0.953. The van der Waals surface area contributed by atoms with Gasteiger partial charge in [-0.3, -0.25) is 19.2 Å². The number of imide groups is 1. The molecule has 4 amide bonds. The molecule has 2 aliphatic rings. The molecule has 4 aromatic rings. The number of ether oxygens (including phenoxy) is 1. The maximum Gasteiger partial charge on any atom is 0.325 e. The van der Waals surface area contributed by atoms with Crippen LogP contribution in [0.4, 0.5) is 10.7 Å². The second-order valence-corrected chi connectivity index (χ2v) is 22.6. The van der Waals surface area contributed by atoms with E-state index in [1.807, 2.05) is 71.8 Å². The van der Waals surface area contributed by atoms with Crippen molar-refractivity contribution in [1.82, 2.24) is 40.5 Å². The molecule has 4 heterocycles. The number of carbonyl (C=O) groups is 3. The molecule has 1 spiro atoms. The largest absolute Gasteiger partial charge is 0.380 e. The Morgan fingerprint density at radius 1 is 0.786 bits per heavy atom. The number of hydrogen-bond acceptors (Lipinski definition) is 9. The van der Waals surface area contributed by atoms with Crippen LogP contribution in [0.5, 0.6) is 0 Å². The minimum absolute atomic E-state index is 0.125. The number of amides is 4. The number of nitrogens with one attached hydrogen (secondary N) is 2. The van der Waals surface area contributed by atoms with Gasteiger partial charge in [-0.25, -0.2) is 14.8 Å². The predicted molar refractivity (Wildman–Crippen MR) is 281 cm³/mol. The summed E-state index contributed by atoms with van der Waals surface area (Å²) in [5, 5.41) is 15.6. The summed E-state index contributed by atoms with van der Waals surface area (Å²) in [5.74, 6) is 1.33. The van der Waals surface area contributed by atoms with E-state index < -0.39 is 5.54 Å². The number of aromatic nitrogens is 5. The van der Waals surface area contributed by atoms with E-state index in [4.69, 9.17) is 14.7 Å². The zero-order valence-electron chi connectivity index (χ0n) is 44.0. The van der Waals surface area contributed by atoms with Crippen molar-refractivity contribution < 1.29 is 19.1 Å². The molecule has 0 bridgehead atoms. The second kappa shape index (κ2) is 25.3. The molecule has 2 saturated heterocycles. The molecule has 2 N–H and O–H groups in total. The van der Waals surface area contributed by atoms with Gasteiger partial charge in [-0.1, -0.05) is 179 Å². The maximum absolute atomic E-state index is 13.7. The zero-order chi connectivity index (χ0) is 50.2. The number of anilines is 1. The topological polar surface area (TPSA) is 147 Å². The van der Waals surface area contributed by atoms with Gasteiger partial charge in [0, 0.05) is 60.5 Å². The molecule has 13 nitrogen and oxygen atoms in total. The minimum Gasteiger partial charge on any atom is -0.380 e. The van der Waals surface area contributed by atoms with Gasteiger partial charge in [0.15, 0.2) is 0 Å². The Hall–Kier alpha value is -5.17. The van der Waals surface area contributed by atoms with E-state index in [0.29, 0.717) is 58.1 Å². The van der Waals surface area contributed by atoms with Crippen LogP contribution in [0.1, 0.15) is 170 Å². The first kappa shape index (κ1) is 54.2. The van der Waals surface area contributed by atoms with Crippen LogP contribution >= 0.6 is 0 Å². The fourth-order valence-electron chi connectivity index (χ4n) is 10.2. The van der Waals surface area contributed by atoms with Crippen LogP contribution in [0.15, 0.2) is 73.2 Å². The SMILES string of the molecule is CCCCCCCC(C)(CCCCC(C)CCCCC)NC(=O)CC(C)(C)COCC(C)(C)Cn1cc(-c2cccc(-c3cnc(N4CCC5(CC4)NC(=O)N(Cc4ccccc4)C5=O)nc3)c2)nn1. The number of benzene rings is 2. The lowest BCUT2D eigenvalue weighted by Crippen LogP contribution is -2.55. The smallest absolute Gasteiger partial charge is 0.325 e. The third-order valence-corrected chi connectivity index (χ3v) is 14.5. The van der Waals surface area contributed by atoms with Crippen molar-refractivity contribution in [3.63, 3.8) is 0 Å². The van der Waals surface area contributed by atoms with Gasteiger partial charge in [0.2, 0.25) is 11.9 Å². The minimum atomic E-state index is -0.896. The van der Waals surface area contributed by atoms with Gasteiger partial charge >= 0.3 is 6.03 Å². The summed E-state index contributed by atoms with van der Waals surface area (Å²) in [7, 11) is 0. The highest BCUT2D eigenvalue weighted by molar-refractivity contribution is 6.07. The number of piperidine rings is 1. The first-order valence-electron chi connectivity index (χ1n) is 26.7. The third-order valence-electron chi connectivity index (χ3n) is 14.5. The first-order chi connectivity index (χ1) is 33.5. The van der Waals surface area contributed by atoms with Gasteiger partial charge in [-0.05, 0) is 61.1 Å². The molecule has 2 aromatic carbocycles. The van der Waals surface area contributed by atoms with Crippen molar-refractivity contribution >= 4 is 23.8 Å². The molecule has 70 heavy (non-hydrogen) atoms. The van der Waals surface area contributed by atoms with Crippen molar-refractivity contribution in [1.29, 1.82) is 0 Å². The Bertz CT molecular complexity index is 2250. The fraction of sp³-hybridized carbons (Fsp3) is 0.632. The second-order valence-electron chi connectivity index (χ2n) is 22.6. The average Bonchev–Trinajstić information content (AvgIpc) is 3.88. The van der Waals surface area contributed by atoms with Crippen molar-refractivity contribution in [3.8, 4) is 22.4 Å². The van der Waals surface area contributed by atoms with Gasteiger partial charge in [0.25, 0.3) is 5.91 Å². The molecule has 13 heteroatoms. The Kier molecular flexibility index (Phi) is 19.6. The van der Waals surface area contributed by atoms with Crippen LogP contribution in [0.25, 0.3) is 22.4 Å². The molecule has 0 radical (unpaired) electrons. The molecule has 2 fully saturated rings. The van der Waals surface area contributed by atoms with E-state index >= 15 is 0 Å². The molecule has 2 unspecified atom stereocenters. The van der Waals surface area contributed by atoms with E-state index in [-0.39, 0.29) is 40.8 Å². The Morgan fingerprint density at radius 3 is 2.11 bits per heavy atom. The molecular formula is C57H85N9O4. The van der Waals surface area contributed by atoms with Gasteiger partial charge in [0.1, 0.15) is 11.2 Å². The highest BCUT2D eigenvalue weighted by Crippen LogP contribution is 2.33. The number of hydrogen-bond donors (Lipinski definition) is 2.